The topological polar surface area (TPSA) is 25.8 Å². The number of hydrogen-bond donors (Lipinski definition) is 0. The zero-order valence-corrected chi connectivity index (χ0v) is 13.0. The Kier molecular flexibility index (Phi) is 3.25. The number of aromatic nitrogens is 2. The van der Waals surface area contributed by atoms with Gasteiger partial charge in [0.2, 0.25) is 0 Å². The highest BCUT2D eigenvalue weighted by molar-refractivity contribution is 5.80. The van der Waals surface area contributed by atoms with Gasteiger partial charge in [0.25, 0.3) is 0 Å². The first-order chi connectivity index (χ1) is 9.97. The van der Waals surface area contributed by atoms with Crippen LogP contribution in [-0.2, 0) is 5.41 Å². The fourth-order valence-electron chi connectivity index (χ4n) is 2.95. The van der Waals surface area contributed by atoms with E-state index in [1.807, 2.05) is 30.5 Å². The van der Waals surface area contributed by atoms with Crippen molar-refractivity contribution in [3.63, 3.8) is 0 Å². The Labute approximate surface area is 125 Å². The van der Waals surface area contributed by atoms with Gasteiger partial charge in [-0.05, 0) is 29.5 Å². The molecule has 0 radical (unpaired) electrons. The summed E-state index contributed by atoms with van der Waals surface area (Å²) in [7, 11) is 0. The summed E-state index contributed by atoms with van der Waals surface area (Å²) in [5.41, 5.74) is 4.80. The third-order valence-electron chi connectivity index (χ3n) is 3.75. The van der Waals surface area contributed by atoms with Gasteiger partial charge in [0.15, 0.2) is 5.82 Å². The molecule has 0 bridgehead atoms. The van der Waals surface area contributed by atoms with E-state index in [4.69, 9.17) is 4.98 Å². The van der Waals surface area contributed by atoms with E-state index in [2.05, 4.69) is 50.9 Å². The first kappa shape index (κ1) is 13.7. The molecule has 3 rings (SSSR count). The fraction of sp³-hybridized carbons (Fsp3) is 0.263. The second kappa shape index (κ2) is 4.96. The van der Waals surface area contributed by atoms with E-state index >= 15 is 0 Å². The lowest BCUT2D eigenvalue weighted by Gasteiger charge is -2.24. The molecule has 0 atom stereocenters. The lowest BCUT2D eigenvalue weighted by Crippen LogP contribution is -2.15. The van der Waals surface area contributed by atoms with Crippen LogP contribution in [0.25, 0.3) is 22.3 Å². The van der Waals surface area contributed by atoms with Crippen LogP contribution in [-0.4, -0.2) is 9.97 Å². The predicted molar refractivity (Wildman–Crippen MR) is 88.4 cm³/mol. The second-order valence-corrected chi connectivity index (χ2v) is 6.50. The van der Waals surface area contributed by atoms with Crippen LogP contribution in [0.1, 0.15) is 31.9 Å². The normalized spacial score (nSPS) is 11.8. The third-order valence-corrected chi connectivity index (χ3v) is 3.75. The zero-order chi connectivity index (χ0) is 15.0. The molecule has 21 heavy (non-hydrogen) atoms. The lowest BCUT2D eigenvalue weighted by molar-refractivity contribution is 0.587. The van der Waals surface area contributed by atoms with E-state index in [1.54, 1.807) is 0 Å². The summed E-state index contributed by atoms with van der Waals surface area (Å²) >= 11 is 0. The highest BCUT2D eigenvalue weighted by Gasteiger charge is 2.22. The van der Waals surface area contributed by atoms with Crippen LogP contribution in [0.2, 0.25) is 0 Å². The molecular formula is C19H20N2. The van der Waals surface area contributed by atoms with Gasteiger partial charge in [-0.25, -0.2) is 9.97 Å². The molecule has 0 spiro atoms. The fourth-order valence-corrected chi connectivity index (χ4v) is 2.95. The van der Waals surface area contributed by atoms with Crippen molar-refractivity contribution < 1.29 is 0 Å². The molecule has 0 fully saturated rings. The molecule has 0 aliphatic rings. The van der Waals surface area contributed by atoms with Gasteiger partial charge in [-0.15, -0.1) is 0 Å². The second-order valence-electron chi connectivity index (χ2n) is 6.50. The molecule has 106 valence electrons. The minimum absolute atomic E-state index is 0.0652. The van der Waals surface area contributed by atoms with Gasteiger partial charge in [0, 0.05) is 17.1 Å². The Bertz CT molecular complexity index is 798. The zero-order valence-electron chi connectivity index (χ0n) is 13.0. The Hall–Kier alpha value is -2.22. The van der Waals surface area contributed by atoms with Crippen LogP contribution in [0.15, 0.2) is 48.7 Å². The molecule has 2 aromatic carbocycles. The van der Waals surface area contributed by atoms with E-state index in [-0.39, 0.29) is 5.41 Å². The summed E-state index contributed by atoms with van der Waals surface area (Å²) in [6.45, 7) is 8.87. The van der Waals surface area contributed by atoms with E-state index in [0.29, 0.717) is 0 Å². The minimum atomic E-state index is 0.0652. The summed E-state index contributed by atoms with van der Waals surface area (Å²) in [6.07, 6.45) is 1.91. The molecule has 1 aromatic heterocycles. The molecule has 2 nitrogen and oxygen atoms in total. The Morgan fingerprint density at radius 2 is 1.67 bits per heavy atom. The third kappa shape index (κ3) is 2.54. The monoisotopic (exact) mass is 276 g/mol. The van der Waals surface area contributed by atoms with Gasteiger partial charge in [0.05, 0.1) is 5.52 Å². The summed E-state index contributed by atoms with van der Waals surface area (Å²) in [5.74, 6) is 0.808. The standard InChI is InChI=1S/C19H20N2/c1-13-8-7-10-15(17(13)19(2,3)4)18-20-12-14-9-5-6-11-16(14)21-18/h5-12H,1-4H3. The van der Waals surface area contributed by atoms with Crippen LogP contribution in [0, 0.1) is 6.92 Å². The Morgan fingerprint density at radius 1 is 0.905 bits per heavy atom. The summed E-state index contributed by atoms with van der Waals surface area (Å²) < 4.78 is 0. The van der Waals surface area contributed by atoms with Crippen molar-refractivity contribution in [1.29, 1.82) is 0 Å². The van der Waals surface area contributed by atoms with E-state index in [1.165, 1.54) is 11.1 Å². The highest BCUT2D eigenvalue weighted by atomic mass is 14.9. The van der Waals surface area contributed by atoms with Crippen LogP contribution in [0.5, 0.6) is 0 Å². The quantitative estimate of drug-likeness (QED) is 0.631. The highest BCUT2D eigenvalue weighted by Crippen LogP contribution is 2.34. The summed E-state index contributed by atoms with van der Waals surface area (Å²) in [6, 6.07) is 14.5. The molecule has 0 aliphatic carbocycles. The SMILES string of the molecule is Cc1cccc(-c2ncc3ccccc3n2)c1C(C)(C)C. The average molecular weight is 276 g/mol. The van der Waals surface area contributed by atoms with Gasteiger partial charge in [-0.3, -0.25) is 0 Å². The van der Waals surface area contributed by atoms with Crippen LogP contribution >= 0.6 is 0 Å². The van der Waals surface area contributed by atoms with Crippen molar-refractivity contribution >= 4 is 10.9 Å². The van der Waals surface area contributed by atoms with Crippen LogP contribution < -0.4 is 0 Å². The van der Waals surface area contributed by atoms with Gasteiger partial charge in [0.1, 0.15) is 0 Å². The van der Waals surface area contributed by atoms with E-state index < -0.39 is 0 Å². The van der Waals surface area contributed by atoms with Crippen molar-refractivity contribution in [3.05, 3.63) is 59.8 Å². The van der Waals surface area contributed by atoms with Gasteiger partial charge >= 0.3 is 0 Å². The number of rotatable bonds is 1. The number of para-hydroxylation sites is 1. The van der Waals surface area contributed by atoms with Gasteiger partial charge < -0.3 is 0 Å². The Morgan fingerprint density at radius 3 is 2.43 bits per heavy atom. The molecular weight excluding hydrogens is 256 g/mol. The van der Waals surface area contributed by atoms with E-state index in [9.17, 15) is 0 Å². The van der Waals surface area contributed by atoms with Crippen molar-refractivity contribution in [3.8, 4) is 11.4 Å². The van der Waals surface area contributed by atoms with Crippen molar-refractivity contribution in [2.24, 2.45) is 0 Å². The number of aryl methyl sites for hydroxylation is 1. The molecule has 0 saturated heterocycles. The maximum Gasteiger partial charge on any atom is 0.160 e. The van der Waals surface area contributed by atoms with Crippen molar-refractivity contribution in [2.75, 3.05) is 0 Å². The molecule has 0 N–H and O–H groups in total. The molecule has 0 aliphatic heterocycles. The lowest BCUT2D eigenvalue weighted by atomic mass is 9.80. The molecule has 2 heteroatoms. The van der Waals surface area contributed by atoms with Gasteiger partial charge in [-0.1, -0.05) is 57.2 Å². The summed E-state index contributed by atoms with van der Waals surface area (Å²) in [4.78, 5) is 9.33. The predicted octanol–water partition coefficient (Wildman–Crippen LogP) is 4.90. The molecule has 1 heterocycles. The number of hydrogen-bond acceptors (Lipinski definition) is 2. The van der Waals surface area contributed by atoms with Crippen LogP contribution in [0.3, 0.4) is 0 Å². The Balaban J connectivity index is 2.25. The maximum atomic E-state index is 4.75. The molecule has 0 amide bonds. The number of fused-ring (bicyclic) bond motifs is 1. The van der Waals surface area contributed by atoms with Crippen molar-refractivity contribution in [1.82, 2.24) is 9.97 Å². The first-order valence-corrected chi connectivity index (χ1v) is 7.29. The molecule has 0 saturated carbocycles. The van der Waals surface area contributed by atoms with Crippen LogP contribution in [0.4, 0.5) is 0 Å². The average Bonchev–Trinajstić information content (AvgIpc) is 2.45. The number of benzene rings is 2. The largest absolute Gasteiger partial charge is 0.236 e. The first-order valence-electron chi connectivity index (χ1n) is 7.29. The maximum absolute atomic E-state index is 4.75. The smallest absolute Gasteiger partial charge is 0.160 e. The minimum Gasteiger partial charge on any atom is -0.236 e. The van der Waals surface area contributed by atoms with Gasteiger partial charge in [-0.2, -0.15) is 0 Å². The summed E-state index contributed by atoms with van der Waals surface area (Å²) in [5, 5.41) is 1.08. The number of nitrogens with zero attached hydrogens (tertiary/aromatic N) is 2. The van der Waals surface area contributed by atoms with E-state index in [0.717, 1.165) is 22.3 Å². The molecule has 0 unspecified atom stereocenters. The molecule has 3 aromatic rings. The van der Waals surface area contributed by atoms with Crippen molar-refractivity contribution in [2.45, 2.75) is 33.1 Å².